The monoisotopic (exact) mass is 283 g/mol. The van der Waals surface area contributed by atoms with E-state index < -0.39 is 11.8 Å². The average Bonchev–Trinajstić information content (AvgIpc) is 3.13. The fraction of sp³-hybridized carbons (Fsp3) is 0.312. The first kappa shape index (κ1) is 12.5. The Labute approximate surface area is 121 Å². The number of ether oxygens (including phenoxy) is 1. The van der Waals surface area contributed by atoms with Crippen LogP contribution in [-0.4, -0.2) is 29.8 Å². The topological polar surface area (TPSA) is 63.7 Å². The van der Waals surface area contributed by atoms with Gasteiger partial charge in [-0.2, -0.15) is 0 Å². The first-order valence-corrected chi connectivity index (χ1v) is 6.90. The summed E-state index contributed by atoms with van der Waals surface area (Å²) < 4.78 is 5.59. The Kier molecular flexibility index (Phi) is 2.44. The first-order chi connectivity index (χ1) is 10.1. The molecule has 0 saturated carbocycles. The van der Waals surface area contributed by atoms with Crippen molar-refractivity contribution in [2.75, 3.05) is 4.90 Å². The van der Waals surface area contributed by atoms with Crippen LogP contribution in [0.4, 0.5) is 5.69 Å². The predicted molar refractivity (Wildman–Crippen MR) is 73.7 cm³/mol. The third-order valence-corrected chi connectivity index (χ3v) is 4.44. The molecule has 2 saturated heterocycles. The van der Waals surface area contributed by atoms with E-state index in [-0.39, 0.29) is 29.8 Å². The van der Waals surface area contributed by atoms with Gasteiger partial charge in [0.05, 0.1) is 29.7 Å². The largest absolute Gasteiger partial charge is 0.365 e. The second kappa shape index (κ2) is 4.11. The van der Waals surface area contributed by atoms with E-state index in [0.717, 1.165) is 0 Å². The molecule has 5 heteroatoms. The van der Waals surface area contributed by atoms with E-state index in [1.807, 2.05) is 12.2 Å². The zero-order valence-electron chi connectivity index (χ0n) is 11.4. The molecule has 2 fully saturated rings. The van der Waals surface area contributed by atoms with Crippen molar-refractivity contribution in [3.8, 4) is 0 Å². The van der Waals surface area contributed by atoms with E-state index in [1.54, 1.807) is 24.3 Å². The molecule has 3 aliphatic heterocycles. The van der Waals surface area contributed by atoms with Crippen LogP contribution in [0.15, 0.2) is 36.4 Å². The second-order valence-electron chi connectivity index (χ2n) is 5.62. The Morgan fingerprint density at radius 1 is 1.00 bits per heavy atom. The number of nitrogens with zero attached hydrogens (tertiary/aromatic N) is 1. The molecule has 2 amide bonds. The van der Waals surface area contributed by atoms with Gasteiger partial charge in [-0.05, 0) is 31.2 Å². The van der Waals surface area contributed by atoms with Crippen LogP contribution in [0.2, 0.25) is 0 Å². The van der Waals surface area contributed by atoms with E-state index in [2.05, 4.69) is 0 Å². The van der Waals surface area contributed by atoms with Crippen molar-refractivity contribution in [1.29, 1.82) is 0 Å². The standard InChI is InChI=1S/C16H13NO4/c1-8(18)9-2-4-10(5-3-9)17-15(19)13-11-6-7-12(21-11)14(13)16(17)20/h2-7,11-14H,1H3/t11-,12-,13-,14+/m0/s1. The minimum atomic E-state index is -0.403. The van der Waals surface area contributed by atoms with Gasteiger partial charge in [-0.15, -0.1) is 0 Å². The molecule has 0 spiro atoms. The summed E-state index contributed by atoms with van der Waals surface area (Å²) in [6.45, 7) is 1.48. The van der Waals surface area contributed by atoms with Gasteiger partial charge in [-0.25, -0.2) is 4.90 Å². The lowest BCUT2D eigenvalue weighted by molar-refractivity contribution is -0.124. The Hall–Kier alpha value is -2.27. The molecule has 21 heavy (non-hydrogen) atoms. The van der Waals surface area contributed by atoms with Crippen LogP contribution in [0.3, 0.4) is 0 Å². The number of hydrogen-bond acceptors (Lipinski definition) is 4. The lowest BCUT2D eigenvalue weighted by atomic mass is 9.85. The molecule has 1 aromatic rings. The van der Waals surface area contributed by atoms with Crippen molar-refractivity contribution in [2.45, 2.75) is 19.1 Å². The summed E-state index contributed by atoms with van der Waals surface area (Å²) in [6, 6.07) is 6.55. The zero-order chi connectivity index (χ0) is 14.7. The van der Waals surface area contributed by atoms with E-state index in [1.165, 1.54) is 11.8 Å². The minimum absolute atomic E-state index is 0.0480. The normalized spacial score (nSPS) is 32.9. The van der Waals surface area contributed by atoms with Gasteiger partial charge in [0.1, 0.15) is 0 Å². The molecule has 4 rings (SSSR count). The van der Waals surface area contributed by atoms with E-state index in [4.69, 9.17) is 4.74 Å². The molecule has 0 aliphatic carbocycles. The Balaban J connectivity index is 1.69. The molecule has 106 valence electrons. The third kappa shape index (κ3) is 1.58. The van der Waals surface area contributed by atoms with E-state index >= 15 is 0 Å². The van der Waals surface area contributed by atoms with Crippen LogP contribution in [0, 0.1) is 11.8 Å². The van der Waals surface area contributed by atoms with Gasteiger partial charge >= 0.3 is 0 Å². The maximum atomic E-state index is 12.5. The number of imide groups is 1. The number of Topliss-reactive ketones (excluding diaryl/α,β-unsaturated/α-hetero) is 1. The van der Waals surface area contributed by atoms with Crippen LogP contribution in [0.25, 0.3) is 0 Å². The van der Waals surface area contributed by atoms with Gasteiger partial charge in [-0.1, -0.05) is 12.2 Å². The molecule has 2 bridgehead atoms. The molecule has 0 aromatic heterocycles. The van der Waals surface area contributed by atoms with Gasteiger partial charge in [0.15, 0.2) is 5.78 Å². The maximum absolute atomic E-state index is 12.5. The highest BCUT2D eigenvalue weighted by Crippen LogP contribution is 2.46. The van der Waals surface area contributed by atoms with E-state index in [0.29, 0.717) is 11.3 Å². The van der Waals surface area contributed by atoms with Gasteiger partial charge in [0.25, 0.3) is 0 Å². The molecule has 4 atom stereocenters. The molecule has 3 heterocycles. The van der Waals surface area contributed by atoms with Gasteiger partial charge in [-0.3, -0.25) is 14.4 Å². The van der Waals surface area contributed by atoms with Crippen LogP contribution in [0.5, 0.6) is 0 Å². The van der Waals surface area contributed by atoms with Crippen molar-refractivity contribution in [2.24, 2.45) is 11.8 Å². The Bertz CT molecular complexity index is 661. The van der Waals surface area contributed by atoms with Gasteiger partial charge < -0.3 is 4.74 Å². The number of amides is 2. The molecular weight excluding hydrogens is 270 g/mol. The number of carbonyl (C=O) groups excluding carboxylic acids is 3. The minimum Gasteiger partial charge on any atom is -0.365 e. The van der Waals surface area contributed by atoms with E-state index in [9.17, 15) is 14.4 Å². The number of rotatable bonds is 2. The molecule has 0 unspecified atom stereocenters. The summed E-state index contributed by atoms with van der Waals surface area (Å²) in [5.41, 5.74) is 1.08. The lowest BCUT2D eigenvalue weighted by Gasteiger charge is -2.17. The summed E-state index contributed by atoms with van der Waals surface area (Å²) in [7, 11) is 0. The second-order valence-corrected chi connectivity index (χ2v) is 5.62. The fourth-order valence-corrected chi connectivity index (χ4v) is 3.40. The number of benzene rings is 1. The summed E-state index contributed by atoms with van der Waals surface area (Å²) in [6.07, 6.45) is 3.16. The summed E-state index contributed by atoms with van der Waals surface area (Å²) in [5.74, 6) is -1.28. The fourth-order valence-electron chi connectivity index (χ4n) is 3.40. The van der Waals surface area contributed by atoms with Crippen molar-refractivity contribution < 1.29 is 19.1 Å². The number of fused-ring (bicyclic) bond motifs is 5. The van der Waals surface area contributed by atoms with Crippen molar-refractivity contribution in [3.63, 3.8) is 0 Å². The molecule has 3 aliphatic rings. The highest BCUT2D eigenvalue weighted by Gasteiger charge is 2.60. The number of hydrogen-bond donors (Lipinski definition) is 0. The molecule has 0 radical (unpaired) electrons. The quantitative estimate of drug-likeness (QED) is 0.466. The van der Waals surface area contributed by atoms with Crippen LogP contribution in [0.1, 0.15) is 17.3 Å². The van der Waals surface area contributed by atoms with Crippen LogP contribution < -0.4 is 4.90 Å². The molecule has 5 nitrogen and oxygen atoms in total. The molecule has 1 aromatic carbocycles. The SMILES string of the molecule is CC(=O)c1ccc(N2C(=O)[C@@H]3[C@H](C2=O)[C@@H]2C=C[C@@H]3O2)cc1. The highest BCUT2D eigenvalue weighted by atomic mass is 16.5. The number of carbonyl (C=O) groups is 3. The average molecular weight is 283 g/mol. The Morgan fingerprint density at radius 3 is 2.00 bits per heavy atom. The van der Waals surface area contributed by atoms with Crippen molar-refractivity contribution in [3.05, 3.63) is 42.0 Å². The highest BCUT2D eigenvalue weighted by molar-refractivity contribution is 6.23. The number of anilines is 1. The lowest BCUT2D eigenvalue weighted by Crippen LogP contribution is -2.34. The summed E-state index contributed by atoms with van der Waals surface area (Å²) >= 11 is 0. The first-order valence-electron chi connectivity index (χ1n) is 6.90. The summed E-state index contributed by atoms with van der Waals surface area (Å²) in [5, 5.41) is 0. The zero-order valence-corrected chi connectivity index (χ0v) is 11.4. The molecule has 0 N–H and O–H groups in total. The van der Waals surface area contributed by atoms with Crippen molar-refractivity contribution in [1.82, 2.24) is 0 Å². The molecular formula is C16H13NO4. The number of ketones is 1. The van der Waals surface area contributed by atoms with Crippen LogP contribution >= 0.6 is 0 Å². The van der Waals surface area contributed by atoms with Crippen LogP contribution in [-0.2, 0) is 14.3 Å². The summed E-state index contributed by atoms with van der Waals surface area (Å²) in [4.78, 5) is 37.6. The van der Waals surface area contributed by atoms with Gasteiger partial charge in [0.2, 0.25) is 11.8 Å². The van der Waals surface area contributed by atoms with Gasteiger partial charge in [0, 0.05) is 5.56 Å². The predicted octanol–water partition coefficient (Wildman–Crippen LogP) is 1.33. The maximum Gasteiger partial charge on any atom is 0.240 e. The Morgan fingerprint density at radius 2 is 1.52 bits per heavy atom. The smallest absolute Gasteiger partial charge is 0.240 e. The third-order valence-electron chi connectivity index (χ3n) is 4.44. The van der Waals surface area contributed by atoms with Crippen molar-refractivity contribution >= 4 is 23.3 Å².